The van der Waals surface area contributed by atoms with Crippen molar-refractivity contribution in [3.05, 3.63) is 0 Å². The minimum absolute atomic E-state index is 0.00979. The van der Waals surface area contributed by atoms with Crippen molar-refractivity contribution in [1.29, 1.82) is 0 Å². The fourth-order valence-electron chi connectivity index (χ4n) is 2.88. The first-order valence-corrected chi connectivity index (χ1v) is 7.57. The van der Waals surface area contributed by atoms with Gasteiger partial charge in [0, 0.05) is 19.0 Å². The van der Waals surface area contributed by atoms with Crippen LogP contribution in [0, 0.1) is 0 Å². The predicted molar refractivity (Wildman–Crippen MR) is 77.5 cm³/mol. The highest BCUT2D eigenvalue weighted by Gasteiger charge is 2.24. The molecule has 0 aromatic rings. The van der Waals surface area contributed by atoms with E-state index in [-0.39, 0.29) is 24.9 Å². The summed E-state index contributed by atoms with van der Waals surface area (Å²) in [5, 5.41) is 5.65. The molecule has 0 spiro atoms. The lowest BCUT2D eigenvalue weighted by molar-refractivity contribution is -0.136. The molecule has 118 valence electrons. The highest BCUT2D eigenvalue weighted by Crippen LogP contribution is 2.09. The highest BCUT2D eigenvalue weighted by molar-refractivity contribution is 5.98. The van der Waals surface area contributed by atoms with Gasteiger partial charge in [-0.25, -0.2) is 0 Å². The first-order valence-electron chi connectivity index (χ1n) is 7.57. The monoisotopic (exact) mass is 296 g/mol. The maximum atomic E-state index is 11.9. The third kappa shape index (κ3) is 4.78. The fraction of sp³-hybridized carbons (Fsp3) is 0.786. The Morgan fingerprint density at radius 2 is 2.05 bits per heavy atom. The Kier molecular flexibility index (Phi) is 5.69. The van der Waals surface area contributed by atoms with Crippen LogP contribution in [0.25, 0.3) is 0 Å². The second-order valence-corrected chi connectivity index (χ2v) is 5.79. The third-order valence-electron chi connectivity index (χ3n) is 4.11. The number of nitrogens with one attached hydrogen (secondary N) is 2. The number of carbonyl (C=O) groups excluding carboxylic acids is 3. The summed E-state index contributed by atoms with van der Waals surface area (Å²) < 4.78 is 0. The number of likely N-dealkylation sites (tertiary alicyclic amines) is 1. The average Bonchev–Trinajstić information content (AvgIpc) is 2.84. The van der Waals surface area contributed by atoms with Gasteiger partial charge < -0.3 is 10.2 Å². The number of likely N-dealkylation sites (N-methyl/N-ethyl adjacent to an activating group) is 1. The van der Waals surface area contributed by atoms with Gasteiger partial charge in [-0.2, -0.15) is 0 Å². The van der Waals surface area contributed by atoms with E-state index in [9.17, 15) is 14.4 Å². The lowest BCUT2D eigenvalue weighted by Crippen LogP contribution is -2.48. The second-order valence-electron chi connectivity index (χ2n) is 5.79. The molecule has 0 saturated carbocycles. The van der Waals surface area contributed by atoms with Gasteiger partial charge in [-0.05, 0) is 39.4 Å². The van der Waals surface area contributed by atoms with E-state index < -0.39 is 5.91 Å². The molecule has 7 nitrogen and oxygen atoms in total. The minimum atomic E-state index is -0.394. The number of hydrogen-bond donors (Lipinski definition) is 2. The van der Waals surface area contributed by atoms with E-state index in [1.54, 1.807) is 0 Å². The van der Waals surface area contributed by atoms with E-state index in [0.29, 0.717) is 19.0 Å². The zero-order valence-electron chi connectivity index (χ0n) is 12.6. The molecular formula is C14H24N4O3. The molecule has 0 aromatic carbocycles. The summed E-state index contributed by atoms with van der Waals surface area (Å²) >= 11 is 0. The SMILES string of the molecule is CN(CC(=O)NC(=O)CN1CCCC1=O)C1CCNCC1. The van der Waals surface area contributed by atoms with Crippen LogP contribution < -0.4 is 10.6 Å². The Morgan fingerprint density at radius 3 is 2.67 bits per heavy atom. The molecular weight excluding hydrogens is 272 g/mol. The molecule has 2 aliphatic rings. The van der Waals surface area contributed by atoms with Crippen LogP contribution >= 0.6 is 0 Å². The van der Waals surface area contributed by atoms with Gasteiger partial charge >= 0.3 is 0 Å². The number of rotatable bonds is 5. The van der Waals surface area contributed by atoms with Gasteiger partial charge in [0.1, 0.15) is 0 Å². The van der Waals surface area contributed by atoms with Gasteiger partial charge in [-0.3, -0.25) is 24.6 Å². The largest absolute Gasteiger partial charge is 0.333 e. The van der Waals surface area contributed by atoms with E-state index in [0.717, 1.165) is 32.4 Å². The zero-order valence-corrected chi connectivity index (χ0v) is 12.6. The standard InChI is InChI=1S/C14H24N4O3/c1-17(11-4-6-15-7-5-11)9-12(19)16-13(20)10-18-8-2-3-14(18)21/h11,15H,2-10H2,1H3,(H,16,19,20). The molecule has 2 N–H and O–H groups in total. The maximum absolute atomic E-state index is 11.9. The fourth-order valence-corrected chi connectivity index (χ4v) is 2.88. The Balaban J connectivity index is 1.70. The zero-order chi connectivity index (χ0) is 15.2. The van der Waals surface area contributed by atoms with E-state index in [1.807, 2.05) is 11.9 Å². The van der Waals surface area contributed by atoms with Gasteiger partial charge in [0.05, 0.1) is 13.1 Å². The van der Waals surface area contributed by atoms with Crippen LogP contribution in [0.1, 0.15) is 25.7 Å². The minimum Gasteiger partial charge on any atom is -0.333 e. The number of piperidine rings is 1. The van der Waals surface area contributed by atoms with Crippen LogP contribution in [0.15, 0.2) is 0 Å². The molecule has 0 bridgehead atoms. The lowest BCUT2D eigenvalue weighted by atomic mass is 10.1. The van der Waals surface area contributed by atoms with Gasteiger partial charge in [-0.1, -0.05) is 0 Å². The summed E-state index contributed by atoms with van der Waals surface area (Å²) in [6.07, 6.45) is 3.32. The van der Waals surface area contributed by atoms with Crippen molar-refractivity contribution in [3.8, 4) is 0 Å². The van der Waals surface area contributed by atoms with Crippen molar-refractivity contribution < 1.29 is 14.4 Å². The van der Waals surface area contributed by atoms with Crippen molar-refractivity contribution in [2.45, 2.75) is 31.7 Å². The first-order chi connectivity index (χ1) is 10.1. The Bertz CT molecular complexity index is 407. The molecule has 2 fully saturated rings. The molecule has 2 saturated heterocycles. The van der Waals surface area contributed by atoms with Crippen molar-refractivity contribution in [2.24, 2.45) is 0 Å². The Labute approximate surface area is 125 Å². The van der Waals surface area contributed by atoms with Gasteiger partial charge in [0.25, 0.3) is 0 Å². The second kappa shape index (κ2) is 7.51. The van der Waals surface area contributed by atoms with Gasteiger partial charge in [0.2, 0.25) is 17.7 Å². The normalized spacial score (nSPS) is 20.1. The average molecular weight is 296 g/mol. The summed E-state index contributed by atoms with van der Waals surface area (Å²) in [6, 6.07) is 0.382. The third-order valence-corrected chi connectivity index (χ3v) is 4.11. The van der Waals surface area contributed by atoms with E-state index in [1.165, 1.54) is 4.90 Å². The quantitative estimate of drug-likeness (QED) is 0.675. The Morgan fingerprint density at radius 1 is 1.33 bits per heavy atom. The maximum Gasteiger partial charge on any atom is 0.246 e. The lowest BCUT2D eigenvalue weighted by Gasteiger charge is -2.31. The van der Waals surface area contributed by atoms with E-state index in [4.69, 9.17) is 0 Å². The van der Waals surface area contributed by atoms with Crippen molar-refractivity contribution in [3.63, 3.8) is 0 Å². The van der Waals surface area contributed by atoms with E-state index >= 15 is 0 Å². The summed E-state index contributed by atoms with van der Waals surface area (Å²) in [7, 11) is 1.91. The molecule has 0 unspecified atom stereocenters. The summed E-state index contributed by atoms with van der Waals surface area (Å²) in [6.45, 7) is 2.74. The van der Waals surface area contributed by atoms with Crippen LogP contribution in [0.5, 0.6) is 0 Å². The number of amides is 3. The number of imide groups is 1. The number of carbonyl (C=O) groups is 3. The first kappa shape index (κ1) is 15.9. The van der Waals surface area contributed by atoms with Gasteiger partial charge in [-0.15, -0.1) is 0 Å². The molecule has 0 aromatic heterocycles. The van der Waals surface area contributed by atoms with E-state index in [2.05, 4.69) is 10.6 Å². The molecule has 7 heteroatoms. The molecule has 0 radical (unpaired) electrons. The summed E-state index contributed by atoms with van der Waals surface area (Å²) in [5.41, 5.74) is 0. The number of nitrogens with zero attached hydrogens (tertiary/aromatic N) is 2. The molecule has 0 atom stereocenters. The van der Waals surface area contributed by atoms with Crippen LogP contribution in [0.2, 0.25) is 0 Å². The van der Waals surface area contributed by atoms with Crippen LogP contribution in [0.3, 0.4) is 0 Å². The highest BCUT2D eigenvalue weighted by atomic mass is 16.2. The number of hydrogen-bond acceptors (Lipinski definition) is 5. The molecule has 0 aliphatic carbocycles. The molecule has 2 aliphatic heterocycles. The predicted octanol–water partition coefficient (Wildman–Crippen LogP) is -1.06. The molecule has 2 rings (SSSR count). The van der Waals surface area contributed by atoms with Crippen LogP contribution in [-0.4, -0.2) is 73.3 Å². The molecule has 3 amide bonds. The van der Waals surface area contributed by atoms with Crippen LogP contribution in [0.4, 0.5) is 0 Å². The van der Waals surface area contributed by atoms with Crippen molar-refractivity contribution >= 4 is 17.7 Å². The molecule has 21 heavy (non-hydrogen) atoms. The van der Waals surface area contributed by atoms with Gasteiger partial charge in [0.15, 0.2) is 0 Å². The Hall–Kier alpha value is -1.47. The van der Waals surface area contributed by atoms with Crippen molar-refractivity contribution in [2.75, 3.05) is 39.8 Å². The summed E-state index contributed by atoms with van der Waals surface area (Å²) in [4.78, 5) is 38.5. The van der Waals surface area contributed by atoms with Crippen LogP contribution in [-0.2, 0) is 14.4 Å². The topological polar surface area (TPSA) is 81.8 Å². The smallest absolute Gasteiger partial charge is 0.246 e. The van der Waals surface area contributed by atoms with Crippen molar-refractivity contribution in [1.82, 2.24) is 20.4 Å². The summed E-state index contributed by atoms with van der Waals surface area (Å²) in [5.74, 6) is -0.703. The molecule has 2 heterocycles.